The number of hydrogen-bond acceptors (Lipinski definition) is 6. The number of carbonyl (C=O) groups is 3. The fourth-order valence-corrected chi connectivity index (χ4v) is 6.15. The fourth-order valence-electron chi connectivity index (χ4n) is 6.15. The lowest BCUT2D eigenvalue weighted by molar-refractivity contribution is -0.167. The number of cyclic esters (lactones) is 1. The Balaban J connectivity index is 1.78. The monoisotopic (exact) mass is 374 g/mol. The molecule has 0 bridgehead atoms. The number of esters is 2. The zero-order valence-corrected chi connectivity index (χ0v) is 16.0. The molecular weight excluding hydrogens is 348 g/mol. The van der Waals surface area contributed by atoms with Gasteiger partial charge in [-0.15, -0.1) is 0 Å². The van der Waals surface area contributed by atoms with Gasteiger partial charge in [0.15, 0.2) is 0 Å². The zero-order chi connectivity index (χ0) is 19.3. The highest BCUT2D eigenvalue weighted by Gasteiger charge is 2.64. The molecule has 2 heterocycles. The van der Waals surface area contributed by atoms with Gasteiger partial charge < -0.3 is 13.9 Å². The van der Waals surface area contributed by atoms with E-state index in [1.165, 1.54) is 7.11 Å². The van der Waals surface area contributed by atoms with Crippen LogP contribution in [0.15, 0.2) is 23.0 Å². The van der Waals surface area contributed by atoms with Crippen molar-refractivity contribution in [3.05, 3.63) is 24.2 Å². The molecule has 0 N–H and O–H groups in total. The number of rotatable bonds is 3. The van der Waals surface area contributed by atoms with E-state index in [0.717, 1.165) is 24.8 Å². The zero-order valence-electron chi connectivity index (χ0n) is 16.0. The second-order valence-electron chi connectivity index (χ2n) is 8.56. The Kier molecular flexibility index (Phi) is 4.40. The maximum atomic E-state index is 12.9. The van der Waals surface area contributed by atoms with E-state index in [1.54, 1.807) is 25.5 Å². The molecular formula is C21H26O6. The molecule has 0 amide bonds. The molecule has 27 heavy (non-hydrogen) atoms. The average molecular weight is 374 g/mol. The summed E-state index contributed by atoms with van der Waals surface area (Å²) in [4.78, 5) is 38.1. The lowest BCUT2D eigenvalue weighted by Crippen LogP contribution is -2.55. The van der Waals surface area contributed by atoms with Crippen LogP contribution in [-0.2, 0) is 23.9 Å². The van der Waals surface area contributed by atoms with Gasteiger partial charge in [-0.3, -0.25) is 14.4 Å². The molecule has 7 unspecified atom stereocenters. The number of fused-ring (bicyclic) bond motifs is 3. The third kappa shape index (κ3) is 2.64. The summed E-state index contributed by atoms with van der Waals surface area (Å²) in [5, 5.41) is 0. The van der Waals surface area contributed by atoms with E-state index >= 15 is 0 Å². The molecule has 1 aromatic heterocycles. The minimum atomic E-state index is -0.460. The van der Waals surface area contributed by atoms with Crippen molar-refractivity contribution in [2.45, 2.75) is 45.6 Å². The van der Waals surface area contributed by atoms with Crippen LogP contribution in [0.5, 0.6) is 0 Å². The molecule has 0 spiro atoms. The molecule has 146 valence electrons. The van der Waals surface area contributed by atoms with Gasteiger partial charge in [-0.1, -0.05) is 13.3 Å². The van der Waals surface area contributed by atoms with Crippen LogP contribution in [0.4, 0.5) is 0 Å². The van der Waals surface area contributed by atoms with Gasteiger partial charge in [0.05, 0.1) is 31.5 Å². The SMILES string of the molecule is COC(=O)C1CCCC2C3C(=O)OC(c4ccoc4)C3C(C(C)=O)CC12C. The van der Waals surface area contributed by atoms with Crippen molar-refractivity contribution in [1.29, 1.82) is 0 Å². The van der Waals surface area contributed by atoms with Crippen LogP contribution in [0.25, 0.3) is 0 Å². The van der Waals surface area contributed by atoms with Crippen LogP contribution >= 0.6 is 0 Å². The van der Waals surface area contributed by atoms with Gasteiger partial charge >= 0.3 is 11.9 Å². The minimum Gasteiger partial charge on any atom is -0.472 e. The van der Waals surface area contributed by atoms with Crippen LogP contribution in [0.3, 0.4) is 0 Å². The van der Waals surface area contributed by atoms with Crippen molar-refractivity contribution >= 4 is 17.7 Å². The van der Waals surface area contributed by atoms with E-state index in [0.29, 0.717) is 6.42 Å². The first-order valence-corrected chi connectivity index (χ1v) is 9.69. The van der Waals surface area contributed by atoms with Gasteiger partial charge in [-0.25, -0.2) is 0 Å². The molecule has 2 aliphatic carbocycles. The predicted octanol–water partition coefficient (Wildman–Crippen LogP) is 3.31. The van der Waals surface area contributed by atoms with Gasteiger partial charge in [-0.2, -0.15) is 0 Å². The number of ether oxygens (including phenoxy) is 2. The van der Waals surface area contributed by atoms with Crippen molar-refractivity contribution < 1.29 is 28.3 Å². The first-order valence-electron chi connectivity index (χ1n) is 9.69. The summed E-state index contributed by atoms with van der Waals surface area (Å²) >= 11 is 0. The third-order valence-electron chi connectivity index (χ3n) is 7.37. The van der Waals surface area contributed by atoms with Crippen molar-refractivity contribution in [2.24, 2.45) is 35.0 Å². The van der Waals surface area contributed by atoms with E-state index in [4.69, 9.17) is 13.9 Å². The standard InChI is InChI=1S/C21H26O6/c1-11(22)13-9-21(2)14(5-4-6-15(21)19(23)25-3)17-16(13)18(27-20(17)24)12-7-8-26-10-12/h7-8,10,13-18H,4-6,9H2,1-3H3. The first kappa shape index (κ1) is 18.3. The maximum absolute atomic E-state index is 12.9. The van der Waals surface area contributed by atoms with Crippen molar-refractivity contribution in [3.63, 3.8) is 0 Å². The minimum absolute atomic E-state index is 0.0142. The van der Waals surface area contributed by atoms with Crippen LogP contribution in [0.2, 0.25) is 0 Å². The van der Waals surface area contributed by atoms with Crippen LogP contribution < -0.4 is 0 Å². The lowest BCUT2D eigenvalue weighted by Gasteiger charge is -2.54. The second kappa shape index (κ2) is 6.50. The first-order chi connectivity index (χ1) is 12.9. The number of hydrogen-bond donors (Lipinski definition) is 0. The molecule has 3 fully saturated rings. The van der Waals surface area contributed by atoms with Gasteiger partial charge in [-0.05, 0) is 43.6 Å². The molecule has 7 atom stereocenters. The molecule has 1 aromatic rings. The lowest BCUT2D eigenvalue weighted by atomic mass is 9.47. The van der Waals surface area contributed by atoms with E-state index in [2.05, 4.69) is 6.92 Å². The number of ketones is 1. The number of methoxy groups -OCH3 is 1. The number of furan rings is 1. The summed E-state index contributed by atoms with van der Waals surface area (Å²) in [5.41, 5.74) is 0.360. The smallest absolute Gasteiger partial charge is 0.310 e. The molecule has 0 aromatic carbocycles. The predicted molar refractivity (Wildman–Crippen MR) is 94.3 cm³/mol. The highest BCUT2D eigenvalue weighted by atomic mass is 16.6. The Hall–Kier alpha value is -2.11. The summed E-state index contributed by atoms with van der Waals surface area (Å²) in [6, 6.07) is 1.80. The number of carbonyl (C=O) groups excluding carboxylic acids is 3. The molecule has 1 saturated heterocycles. The molecule has 6 heteroatoms. The highest BCUT2D eigenvalue weighted by molar-refractivity contribution is 5.84. The molecule has 6 nitrogen and oxygen atoms in total. The van der Waals surface area contributed by atoms with Crippen LogP contribution in [0, 0.1) is 35.0 Å². The third-order valence-corrected chi connectivity index (χ3v) is 7.37. The summed E-state index contributed by atoms with van der Waals surface area (Å²) in [7, 11) is 1.40. The van der Waals surface area contributed by atoms with Gasteiger partial charge in [0, 0.05) is 17.4 Å². The average Bonchev–Trinajstić information content (AvgIpc) is 3.27. The number of Topliss-reactive ketones (excluding diaryl/α,β-unsaturated/α-hetero) is 1. The Morgan fingerprint density at radius 1 is 1.30 bits per heavy atom. The highest BCUT2D eigenvalue weighted by Crippen LogP contribution is 2.63. The Labute approximate surface area is 158 Å². The Bertz CT molecular complexity index is 753. The van der Waals surface area contributed by atoms with Crippen molar-refractivity contribution in [2.75, 3.05) is 7.11 Å². The van der Waals surface area contributed by atoms with E-state index in [9.17, 15) is 14.4 Å². The summed E-state index contributed by atoms with van der Waals surface area (Å²) in [6.07, 6.45) is 5.74. The maximum Gasteiger partial charge on any atom is 0.310 e. The van der Waals surface area contributed by atoms with Crippen molar-refractivity contribution in [1.82, 2.24) is 0 Å². The Morgan fingerprint density at radius 3 is 2.70 bits per heavy atom. The van der Waals surface area contributed by atoms with Gasteiger partial charge in [0.1, 0.15) is 11.9 Å². The quantitative estimate of drug-likeness (QED) is 0.755. The Morgan fingerprint density at radius 2 is 2.07 bits per heavy atom. The van der Waals surface area contributed by atoms with Gasteiger partial charge in [0.2, 0.25) is 0 Å². The van der Waals surface area contributed by atoms with Crippen molar-refractivity contribution in [3.8, 4) is 0 Å². The summed E-state index contributed by atoms with van der Waals surface area (Å²) < 4.78 is 16.0. The topological polar surface area (TPSA) is 82.8 Å². The summed E-state index contributed by atoms with van der Waals surface area (Å²) in [5.74, 6) is -1.62. The molecule has 0 radical (unpaired) electrons. The normalized spacial score (nSPS) is 40.6. The molecule has 2 saturated carbocycles. The van der Waals surface area contributed by atoms with E-state index in [-0.39, 0.29) is 47.3 Å². The van der Waals surface area contributed by atoms with E-state index < -0.39 is 11.5 Å². The fraction of sp³-hybridized carbons (Fsp3) is 0.667. The van der Waals surface area contributed by atoms with Crippen LogP contribution in [0.1, 0.15) is 51.2 Å². The van der Waals surface area contributed by atoms with Crippen LogP contribution in [-0.4, -0.2) is 24.8 Å². The summed E-state index contributed by atoms with van der Waals surface area (Å²) in [6.45, 7) is 3.64. The molecule has 1 aliphatic heterocycles. The molecule has 3 aliphatic rings. The molecule has 4 rings (SSSR count). The van der Waals surface area contributed by atoms with E-state index in [1.807, 2.05) is 0 Å². The second-order valence-corrected chi connectivity index (χ2v) is 8.56. The largest absolute Gasteiger partial charge is 0.472 e. The van der Waals surface area contributed by atoms with Gasteiger partial charge in [0.25, 0.3) is 0 Å².